The highest BCUT2D eigenvalue weighted by molar-refractivity contribution is 5.78. The van der Waals surface area contributed by atoms with Crippen molar-refractivity contribution in [3.05, 3.63) is 29.8 Å². The molecule has 0 atom stereocenters. The number of ether oxygens (including phenoxy) is 1. The van der Waals surface area contributed by atoms with E-state index >= 15 is 0 Å². The van der Waals surface area contributed by atoms with Crippen LogP contribution in [-0.4, -0.2) is 36.5 Å². The van der Waals surface area contributed by atoms with Crippen LogP contribution in [0.2, 0.25) is 0 Å². The van der Waals surface area contributed by atoms with Crippen LogP contribution >= 0.6 is 0 Å². The highest BCUT2D eigenvalue weighted by Crippen LogP contribution is 2.26. The molecule has 1 amide bonds. The topological polar surface area (TPSA) is 55.6 Å². The van der Waals surface area contributed by atoms with Gasteiger partial charge in [0.2, 0.25) is 5.91 Å². The van der Waals surface area contributed by atoms with Crippen molar-refractivity contribution in [2.75, 3.05) is 19.7 Å². The van der Waals surface area contributed by atoms with Gasteiger partial charge in [0.15, 0.2) is 11.6 Å². The lowest BCUT2D eigenvalue weighted by molar-refractivity contribution is -0.130. The number of carbonyl (C=O) groups is 1. The Hall–Kier alpha value is -1.69. The molecule has 1 aliphatic carbocycles. The van der Waals surface area contributed by atoms with Crippen LogP contribution in [0.4, 0.5) is 8.78 Å². The molecule has 1 saturated carbocycles. The largest absolute Gasteiger partial charge is 0.492 e. The summed E-state index contributed by atoms with van der Waals surface area (Å²) in [4.78, 5) is 13.3. The number of nitrogens with zero attached hydrogens (tertiary/aromatic N) is 1. The van der Waals surface area contributed by atoms with Crippen molar-refractivity contribution in [1.29, 1.82) is 0 Å². The molecule has 1 fully saturated rings. The first-order valence-electron chi connectivity index (χ1n) is 6.19. The van der Waals surface area contributed by atoms with E-state index in [9.17, 15) is 13.6 Å². The number of carbonyl (C=O) groups excluding carboxylic acids is 1. The molecule has 0 bridgehead atoms. The number of hydrogen-bond acceptors (Lipinski definition) is 3. The number of hydrogen-bond donors (Lipinski definition) is 1. The summed E-state index contributed by atoms with van der Waals surface area (Å²) < 4.78 is 31.0. The molecule has 0 unspecified atom stereocenters. The van der Waals surface area contributed by atoms with E-state index in [1.54, 1.807) is 4.90 Å². The van der Waals surface area contributed by atoms with Crippen molar-refractivity contribution < 1.29 is 18.3 Å². The molecule has 0 heterocycles. The van der Waals surface area contributed by atoms with Crippen LogP contribution in [0.3, 0.4) is 0 Å². The van der Waals surface area contributed by atoms with Gasteiger partial charge in [-0.2, -0.15) is 0 Å². The third-order valence-electron chi connectivity index (χ3n) is 2.97. The Bertz CT molecular complexity index is 464. The Labute approximate surface area is 110 Å². The molecule has 6 heteroatoms. The lowest BCUT2D eigenvalue weighted by Crippen LogP contribution is -2.40. The zero-order valence-electron chi connectivity index (χ0n) is 10.4. The fourth-order valence-corrected chi connectivity index (χ4v) is 1.84. The van der Waals surface area contributed by atoms with Gasteiger partial charge in [0, 0.05) is 12.1 Å². The van der Waals surface area contributed by atoms with Gasteiger partial charge in [0.25, 0.3) is 0 Å². The van der Waals surface area contributed by atoms with E-state index in [0.717, 1.165) is 25.0 Å². The van der Waals surface area contributed by atoms with Crippen LogP contribution in [-0.2, 0) is 4.79 Å². The van der Waals surface area contributed by atoms with Crippen molar-refractivity contribution in [2.24, 2.45) is 5.73 Å². The van der Waals surface area contributed by atoms with Gasteiger partial charge in [-0.15, -0.1) is 0 Å². The van der Waals surface area contributed by atoms with E-state index in [4.69, 9.17) is 10.5 Å². The Morgan fingerprint density at radius 1 is 1.37 bits per heavy atom. The zero-order valence-corrected chi connectivity index (χ0v) is 10.4. The summed E-state index contributed by atoms with van der Waals surface area (Å²) in [5.74, 6) is -1.73. The molecule has 1 aromatic carbocycles. The van der Waals surface area contributed by atoms with Gasteiger partial charge in [-0.05, 0) is 25.0 Å². The van der Waals surface area contributed by atoms with Crippen LogP contribution < -0.4 is 10.5 Å². The van der Waals surface area contributed by atoms with Gasteiger partial charge in [-0.3, -0.25) is 4.79 Å². The van der Waals surface area contributed by atoms with E-state index in [1.165, 1.54) is 6.07 Å². The van der Waals surface area contributed by atoms with Crippen LogP contribution in [0.25, 0.3) is 0 Å². The van der Waals surface area contributed by atoms with Gasteiger partial charge in [-0.1, -0.05) is 0 Å². The molecular weight excluding hydrogens is 254 g/mol. The molecule has 104 valence electrons. The van der Waals surface area contributed by atoms with Gasteiger partial charge in [-0.25, -0.2) is 8.78 Å². The Morgan fingerprint density at radius 3 is 2.68 bits per heavy atom. The first-order chi connectivity index (χ1) is 9.11. The molecule has 2 rings (SSSR count). The maximum Gasteiger partial charge on any atom is 0.236 e. The van der Waals surface area contributed by atoms with Crippen molar-refractivity contribution in [1.82, 2.24) is 4.90 Å². The minimum atomic E-state index is -0.949. The lowest BCUT2D eigenvalue weighted by Gasteiger charge is -2.21. The van der Waals surface area contributed by atoms with E-state index in [2.05, 4.69) is 0 Å². The molecule has 0 saturated heterocycles. The third kappa shape index (κ3) is 3.64. The fraction of sp³-hybridized carbons (Fsp3) is 0.462. The van der Waals surface area contributed by atoms with Crippen molar-refractivity contribution in [3.63, 3.8) is 0 Å². The summed E-state index contributed by atoms with van der Waals surface area (Å²) in [5.41, 5.74) is 5.33. The standard InChI is InChI=1S/C13H16F2N2O2/c14-11-4-3-10(7-12(11)15)19-6-5-17(9-1-2-9)13(18)8-16/h3-4,7,9H,1-2,5-6,8,16H2. The SMILES string of the molecule is NCC(=O)N(CCOc1ccc(F)c(F)c1)C1CC1. The van der Waals surface area contributed by atoms with E-state index in [-0.39, 0.29) is 30.9 Å². The molecule has 2 N–H and O–H groups in total. The highest BCUT2D eigenvalue weighted by Gasteiger charge is 2.31. The second-order valence-electron chi connectivity index (χ2n) is 4.45. The molecule has 0 radical (unpaired) electrons. The number of rotatable bonds is 6. The zero-order chi connectivity index (χ0) is 13.8. The minimum Gasteiger partial charge on any atom is -0.492 e. The predicted molar refractivity (Wildman–Crippen MR) is 65.6 cm³/mol. The number of benzene rings is 1. The number of amides is 1. The van der Waals surface area contributed by atoms with Crippen LogP contribution in [0.5, 0.6) is 5.75 Å². The monoisotopic (exact) mass is 270 g/mol. The summed E-state index contributed by atoms with van der Waals surface area (Å²) >= 11 is 0. The average molecular weight is 270 g/mol. The number of halogens is 2. The Kier molecular flexibility index (Phi) is 4.31. The summed E-state index contributed by atoms with van der Waals surface area (Å²) in [6, 6.07) is 3.60. The van der Waals surface area contributed by atoms with Gasteiger partial charge in [0.05, 0.1) is 13.1 Å². The second-order valence-corrected chi connectivity index (χ2v) is 4.45. The van der Waals surface area contributed by atoms with Crippen molar-refractivity contribution in [2.45, 2.75) is 18.9 Å². The summed E-state index contributed by atoms with van der Waals surface area (Å²) in [5, 5.41) is 0. The summed E-state index contributed by atoms with van der Waals surface area (Å²) in [7, 11) is 0. The van der Waals surface area contributed by atoms with Crippen molar-refractivity contribution in [3.8, 4) is 5.75 Å². The molecule has 0 aromatic heterocycles. The fourth-order valence-electron chi connectivity index (χ4n) is 1.84. The minimum absolute atomic E-state index is 0.0261. The molecule has 0 aliphatic heterocycles. The van der Waals surface area contributed by atoms with E-state index in [1.807, 2.05) is 0 Å². The normalized spacial score (nSPS) is 14.3. The second kappa shape index (κ2) is 5.97. The van der Waals surface area contributed by atoms with Gasteiger partial charge >= 0.3 is 0 Å². The third-order valence-corrected chi connectivity index (χ3v) is 2.97. The summed E-state index contributed by atoms with van der Waals surface area (Å²) in [6.07, 6.45) is 1.97. The Morgan fingerprint density at radius 2 is 2.11 bits per heavy atom. The first kappa shape index (κ1) is 13.7. The maximum atomic E-state index is 13.0. The number of nitrogens with two attached hydrogens (primary N) is 1. The highest BCUT2D eigenvalue weighted by atomic mass is 19.2. The van der Waals surface area contributed by atoms with Gasteiger partial charge < -0.3 is 15.4 Å². The van der Waals surface area contributed by atoms with Crippen LogP contribution in [0.15, 0.2) is 18.2 Å². The lowest BCUT2D eigenvalue weighted by atomic mass is 10.3. The molecule has 1 aromatic rings. The molecule has 4 nitrogen and oxygen atoms in total. The van der Waals surface area contributed by atoms with Gasteiger partial charge in [0.1, 0.15) is 12.4 Å². The predicted octanol–water partition coefficient (Wildman–Crippen LogP) is 1.29. The maximum absolute atomic E-state index is 13.0. The van der Waals surface area contributed by atoms with E-state index < -0.39 is 11.6 Å². The molecule has 1 aliphatic rings. The quantitative estimate of drug-likeness (QED) is 0.847. The first-order valence-corrected chi connectivity index (χ1v) is 6.19. The van der Waals surface area contributed by atoms with Crippen LogP contribution in [0, 0.1) is 11.6 Å². The van der Waals surface area contributed by atoms with Crippen molar-refractivity contribution >= 4 is 5.91 Å². The van der Waals surface area contributed by atoms with Crippen LogP contribution in [0.1, 0.15) is 12.8 Å². The smallest absolute Gasteiger partial charge is 0.236 e. The summed E-state index contributed by atoms with van der Waals surface area (Å²) in [6.45, 7) is 0.606. The average Bonchev–Trinajstić information content (AvgIpc) is 3.22. The Balaban J connectivity index is 1.84. The molecule has 0 spiro atoms. The molecular formula is C13H16F2N2O2. The van der Waals surface area contributed by atoms with E-state index in [0.29, 0.717) is 6.54 Å². The molecule has 19 heavy (non-hydrogen) atoms.